The highest BCUT2D eigenvalue weighted by molar-refractivity contribution is 6.20. The number of aromatic nitrogens is 2. The van der Waals surface area contributed by atoms with Gasteiger partial charge in [0.2, 0.25) is 17.6 Å². The number of anilines is 1. The molecule has 0 aliphatic carbocycles. The fraction of sp³-hybridized carbons (Fsp3) is 0.450. The molecule has 0 radical (unpaired) electrons. The minimum Gasteiger partial charge on any atom is -0.372 e. The molecule has 4 amide bonds. The maximum atomic E-state index is 15.1. The maximum Gasteiger partial charge on any atom is 0.328 e. The zero-order chi connectivity index (χ0) is 23.7. The lowest BCUT2D eigenvalue weighted by Gasteiger charge is -2.55. The molecule has 1 spiro atoms. The van der Waals surface area contributed by atoms with Crippen LogP contribution in [0.4, 0.5) is 23.7 Å². The number of barbiturate groups is 1. The summed E-state index contributed by atoms with van der Waals surface area (Å²) in [4.78, 5) is 43.2. The molecule has 1 aromatic carbocycles. The molecule has 3 aliphatic heterocycles. The van der Waals surface area contributed by atoms with Crippen LogP contribution < -0.4 is 15.5 Å². The minimum absolute atomic E-state index is 0.191. The molecular weight excluding hydrogens is 447 g/mol. The van der Waals surface area contributed by atoms with Gasteiger partial charge >= 0.3 is 12.5 Å². The van der Waals surface area contributed by atoms with Gasteiger partial charge in [0.1, 0.15) is 5.82 Å². The quantitative estimate of drug-likeness (QED) is 0.642. The van der Waals surface area contributed by atoms with Crippen LogP contribution in [0.3, 0.4) is 0 Å². The van der Waals surface area contributed by atoms with Crippen LogP contribution in [0.2, 0.25) is 0 Å². The highest BCUT2D eigenvalue weighted by Crippen LogP contribution is 2.47. The Kier molecular flexibility index (Phi) is 4.71. The lowest BCUT2D eigenvalue weighted by molar-refractivity contribution is -0.153. The van der Waals surface area contributed by atoms with Crippen LogP contribution >= 0.6 is 0 Å². The van der Waals surface area contributed by atoms with E-state index in [1.807, 2.05) is 0 Å². The summed E-state index contributed by atoms with van der Waals surface area (Å²) < 4.78 is 51.2. The Morgan fingerprint density at radius 2 is 1.88 bits per heavy atom. The van der Waals surface area contributed by atoms with Crippen LogP contribution in [0.5, 0.6) is 0 Å². The Balaban J connectivity index is 1.68. The van der Waals surface area contributed by atoms with Crippen LogP contribution in [-0.4, -0.2) is 52.8 Å². The number of rotatable bonds is 2. The molecule has 174 valence electrons. The number of hydrogen-bond donors (Lipinski definition) is 2. The van der Waals surface area contributed by atoms with E-state index in [0.717, 1.165) is 0 Å². The molecule has 10 nitrogen and oxygen atoms in total. The number of amides is 4. The SMILES string of the molecule is C[C@@H]1CN2c3cc(F)c(-c4noc(C(F)F)n4)cc3CC3(C(=O)NC(=O)NC3=O)[C@H]2[C@H](C)O1. The normalized spacial score (nSPS) is 26.2. The Labute approximate surface area is 184 Å². The molecule has 5 rings (SSSR count). The van der Waals surface area contributed by atoms with Crippen molar-refractivity contribution >= 4 is 23.5 Å². The first-order valence-corrected chi connectivity index (χ1v) is 10.2. The van der Waals surface area contributed by atoms with Crippen molar-refractivity contribution in [3.63, 3.8) is 0 Å². The number of hydrogen-bond acceptors (Lipinski definition) is 8. The number of alkyl halides is 2. The highest BCUT2D eigenvalue weighted by atomic mass is 19.3. The number of morpholine rings is 1. The highest BCUT2D eigenvalue weighted by Gasteiger charge is 2.62. The molecular formula is C20H18F3N5O5. The van der Waals surface area contributed by atoms with Gasteiger partial charge in [-0.25, -0.2) is 9.18 Å². The largest absolute Gasteiger partial charge is 0.372 e. The van der Waals surface area contributed by atoms with Crippen molar-refractivity contribution in [2.45, 2.75) is 44.9 Å². The summed E-state index contributed by atoms with van der Waals surface area (Å²) in [7, 11) is 0. The molecule has 0 bridgehead atoms. The third-order valence-corrected chi connectivity index (χ3v) is 6.27. The number of fused-ring (bicyclic) bond motifs is 4. The van der Waals surface area contributed by atoms with Gasteiger partial charge in [0.25, 0.3) is 5.89 Å². The number of urea groups is 1. The summed E-state index contributed by atoms with van der Waals surface area (Å²) in [6.07, 6.45) is -4.13. The van der Waals surface area contributed by atoms with E-state index in [4.69, 9.17) is 4.74 Å². The summed E-state index contributed by atoms with van der Waals surface area (Å²) in [6.45, 7) is 3.75. The van der Waals surface area contributed by atoms with Crippen molar-refractivity contribution in [2.75, 3.05) is 11.4 Å². The number of ether oxygens (including phenoxy) is 1. The molecule has 0 unspecified atom stereocenters. The van der Waals surface area contributed by atoms with Gasteiger partial charge in [0, 0.05) is 12.2 Å². The Morgan fingerprint density at radius 1 is 1.18 bits per heavy atom. The van der Waals surface area contributed by atoms with Crippen LogP contribution in [0.15, 0.2) is 16.7 Å². The number of halogens is 3. The number of imide groups is 2. The van der Waals surface area contributed by atoms with E-state index < -0.39 is 59.4 Å². The third kappa shape index (κ3) is 3.09. The molecule has 2 saturated heterocycles. The van der Waals surface area contributed by atoms with Gasteiger partial charge in [0.05, 0.1) is 23.8 Å². The molecule has 4 heterocycles. The number of benzene rings is 1. The van der Waals surface area contributed by atoms with Gasteiger partial charge in [-0.1, -0.05) is 5.16 Å². The van der Waals surface area contributed by atoms with E-state index in [9.17, 15) is 23.2 Å². The fourth-order valence-corrected chi connectivity index (χ4v) is 5.06. The molecule has 13 heteroatoms. The average molecular weight is 465 g/mol. The molecule has 1 aromatic heterocycles. The van der Waals surface area contributed by atoms with Gasteiger partial charge < -0.3 is 14.2 Å². The van der Waals surface area contributed by atoms with Crippen molar-refractivity contribution in [2.24, 2.45) is 5.41 Å². The minimum atomic E-state index is -3.03. The molecule has 2 fully saturated rings. The summed E-state index contributed by atoms with van der Waals surface area (Å²) in [5.74, 6) is -3.73. The van der Waals surface area contributed by atoms with Crippen molar-refractivity contribution in [1.82, 2.24) is 20.8 Å². The standard InChI is InChI=1S/C20H18F3N5O5/c1-7-6-28-12-4-11(21)10(15-24-16(14(22)23)33-27-15)3-9(12)5-20(13(28)8(2)32-7)17(29)25-19(31)26-18(20)30/h3-4,7-8,13-14H,5-6H2,1-2H3,(H2,25,26,29,30,31)/t7-,8+,13-/m1/s1. The lowest BCUT2D eigenvalue weighted by Crippen LogP contribution is -2.75. The predicted molar refractivity (Wildman–Crippen MR) is 104 cm³/mol. The average Bonchev–Trinajstić information content (AvgIpc) is 3.22. The Morgan fingerprint density at radius 3 is 2.52 bits per heavy atom. The lowest BCUT2D eigenvalue weighted by atomic mass is 9.66. The molecule has 3 atom stereocenters. The van der Waals surface area contributed by atoms with E-state index >= 15 is 4.39 Å². The number of carbonyl (C=O) groups is 3. The van der Waals surface area contributed by atoms with Crippen LogP contribution in [0, 0.1) is 11.2 Å². The first-order chi connectivity index (χ1) is 15.6. The van der Waals surface area contributed by atoms with Gasteiger partial charge in [0.15, 0.2) is 5.41 Å². The second-order valence-corrected chi connectivity index (χ2v) is 8.35. The number of nitrogens with one attached hydrogen (secondary N) is 2. The van der Waals surface area contributed by atoms with Crippen molar-refractivity contribution in [1.29, 1.82) is 0 Å². The number of carbonyl (C=O) groups excluding carboxylic acids is 3. The van der Waals surface area contributed by atoms with E-state index in [0.29, 0.717) is 11.3 Å². The summed E-state index contributed by atoms with van der Waals surface area (Å²) >= 11 is 0. The van der Waals surface area contributed by atoms with E-state index in [1.54, 1.807) is 18.7 Å². The second-order valence-electron chi connectivity index (χ2n) is 8.35. The topological polar surface area (TPSA) is 127 Å². The smallest absolute Gasteiger partial charge is 0.328 e. The van der Waals surface area contributed by atoms with Gasteiger partial charge in [-0.2, -0.15) is 13.8 Å². The molecule has 2 N–H and O–H groups in total. The van der Waals surface area contributed by atoms with Crippen molar-refractivity contribution in [3.05, 3.63) is 29.4 Å². The zero-order valence-corrected chi connectivity index (χ0v) is 17.4. The van der Waals surface area contributed by atoms with E-state index in [2.05, 4.69) is 25.3 Å². The van der Waals surface area contributed by atoms with Crippen LogP contribution in [0.1, 0.15) is 31.7 Å². The first kappa shape index (κ1) is 21.4. The summed E-state index contributed by atoms with van der Waals surface area (Å²) in [6, 6.07) is 0.745. The molecule has 33 heavy (non-hydrogen) atoms. The maximum absolute atomic E-state index is 15.1. The van der Waals surface area contributed by atoms with Gasteiger partial charge in [-0.3, -0.25) is 20.2 Å². The molecule has 2 aromatic rings. The van der Waals surface area contributed by atoms with Crippen LogP contribution in [0.25, 0.3) is 11.4 Å². The molecule has 3 aliphatic rings. The summed E-state index contributed by atoms with van der Waals surface area (Å²) in [5, 5.41) is 7.72. The molecule has 0 saturated carbocycles. The number of nitrogens with zero attached hydrogens (tertiary/aromatic N) is 3. The Hall–Kier alpha value is -3.48. The van der Waals surface area contributed by atoms with Crippen molar-refractivity contribution < 1.29 is 36.8 Å². The Bertz CT molecular complexity index is 1160. The van der Waals surface area contributed by atoms with Gasteiger partial charge in [-0.05, 0) is 38.0 Å². The van der Waals surface area contributed by atoms with E-state index in [1.165, 1.54) is 12.1 Å². The summed E-state index contributed by atoms with van der Waals surface area (Å²) in [5.41, 5.74) is -1.17. The zero-order valence-electron chi connectivity index (χ0n) is 17.4. The van der Waals surface area contributed by atoms with Gasteiger partial charge in [-0.15, -0.1) is 0 Å². The van der Waals surface area contributed by atoms with Crippen LogP contribution in [-0.2, 0) is 20.7 Å². The second kappa shape index (κ2) is 7.27. The fourth-order valence-electron chi connectivity index (χ4n) is 5.06. The predicted octanol–water partition coefficient (Wildman–Crippen LogP) is 1.70. The first-order valence-electron chi connectivity index (χ1n) is 10.2. The monoisotopic (exact) mass is 465 g/mol. The van der Waals surface area contributed by atoms with E-state index in [-0.39, 0.29) is 24.6 Å². The van der Waals surface area contributed by atoms with Crippen molar-refractivity contribution in [3.8, 4) is 11.4 Å². The third-order valence-electron chi connectivity index (χ3n) is 6.27.